The van der Waals surface area contributed by atoms with Gasteiger partial charge in [0.15, 0.2) is 6.61 Å². The van der Waals surface area contributed by atoms with Crippen molar-refractivity contribution in [3.8, 4) is 5.75 Å². The van der Waals surface area contributed by atoms with Crippen molar-refractivity contribution in [2.75, 3.05) is 6.61 Å². The highest BCUT2D eigenvalue weighted by Crippen LogP contribution is 2.11. The second-order valence-corrected chi connectivity index (χ2v) is 4.78. The summed E-state index contributed by atoms with van der Waals surface area (Å²) in [6.45, 7) is 1.64. The Morgan fingerprint density at radius 3 is 2.41 bits per heavy atom. The quantitative estimate of drug-likeness (QED) is 0.627. The van der Waals surface area contributed by atoms with E-state index in [-0.39, 0.29) is 6.61 Å². The molecule has 0 fully saturated rings. The van der Waals surface area contributed by atoms with E-state index in [9.17, 15) is 14.4 Å². The van der Waals surface area contributed by atoms with E-state index in [1.807, 2.05) is 6.92 Å². The molecule has 0 saturated heterocycles. The first-order chi connectivity index (χ1) is 10.4. The molecule has 1 aromatic rings. The minimum atomic E-state index is -1.06. The number of ether oxygens (including phenoxy) is 1. The highest BCUT2D eigenvalue weighted by molar-refractivity contribution is 5.92. The third-order valence-corrected chi connectivity index (χ3v) is 2.99. The topological polar surface area (TPSA) is 119 Å². The highest BCUT2D eigenvalue weighted by atomic mass is 16.5. The monoisotopic (exact) mass is 308 g/mol. The van der Waals surface area contributed by atoms with Crippen LogP contribution in [0.1, 0.15) is 36.5 Å². The molecule has 0 bridgehead atoms. The first-order valence-electron chi connectivity index (χ1n) is 6.99. The van der Waals surface area contributed by atoms with Gasteiger partial charge in [0.05, 0.1) is 0 Å². The summed E-state index contributed by atoms with van der Waals surface area (Å²) in [4.78, 5) is 33.6. The lowest BCUT2D eigenvalue weighted by Crippen LogP contribution is -2.42. The molecule has 0 radical (unpaired) electrons. The molecule has 0 heterocycles. The number of nitrogens with two attached hydrogens (primary N) is 1. The second-order valence-electron chi connectivity index (χ2n) is 4.78. The van der Waals surface area contributed by atoms with Gasteiger partial charge in [-0.25, -0.2) is 4.79 Å². The Bertz CT molecular complexity index is 527. The van der Waals surface area contributed by atoms with Gasteiger partial charge in [-0.3, -0.25) is 9.59 Å². The van der Waals surface area contributed by atoms with Gasteiger partial charge in [-0.1, -0.05) is 19.8 Å². The molecule has 1 rings (SSSR count). The van der Waals surface area contributed by atoms with E-state index < -0.39 is 23.8 Å². The van der Waals surface area contributed by atoms with Crippen LogP contribution in [0.15, 0.2) is 24.3 Å². The number of carboxylic acids is 1. The van der Waals surface area contributed by atoms with Crippen LogP contribution >= 0.6 is 0 Å². The van der Waals surface area contributed by atoms with Crippen LogP contribution in [0.2, 0.25) is 0 Å². The number of hydrogen-bond donors (Lipinski definition) is 3. The van der Waals surface area contributed by atoms with Crippen LogP contribution in [-0.2, 0) is 9.59 Å². The maximum atomic E-state index is 11.7. The maximum Gasteiger partial charge on any atom is 0.326 e. The van der Waals surface area contributed by atoms with Crippen LogP contribution in [0.25, 0.3) is 0 Å². The first kappa shape index (κ1) is 17.5. The van der Waals surface area contributed by atoms with Gasteiger partial charge >= 0.3 is 5.97 Å². The standard InChI is InChI=1S/C15H20N2O5/c1-2-3-4-12(15(20)21)17-13(18)9-22-11-7-5-10(6-8-11)14(16)19/h5-8,12H,2-4,9H2,1H3,(H2,16,19)(H,17,18)(H,20,21). The van der Waals surface area contributed by atoms with Crippen LogP contribution < -0.4 is 15.8 Å². The summed E-state index contributed by atoms with van der Waals surface area (Å²) in [6.07, 6.45) is 1.94. The number of carbonyl (C=O) groups excluding carboxylic acids is 2. The number of aliphatic carboxylic acids is 1. The van der Waals surface area contributed by atoms with Crippen LogP contribution in [-0.4, -0.2) is 35.5 Å². The fourth-order valence-electron chi connectivity index (χ4n) is 1.77. The molecule has 7 nitrogen and oxygen atoms in total. The van der Waals surface area contributed by atoms with Crippen molar-refractivity contribution in [3.05, 3.63) is 29.8 Å². The van der Waals surface area contributed by atoms with E-state index in [4.69, 9.17) is 15.6 Å². The lowest BCUT2D eigenvalue weighted by Gasteiger charge is -2.14. The molecular formula is C15H20N2O5. The van der Waals surface area contributed by atoms with Gasteiger partial charge in [-0.2, -0.15) is 0 Å². The number of rotatable bonds is 9. The molecule has 1 aromatic carbocycles. The summed E-state index contributed by atoms with van der Waals surface area (Å²) in [7, 11) is 0. The molecule has 2 amide bonds. The van der Waals surface area contributed by atoms with Crippen molar-refractivity contribution < 1.29 is 24.2 Å². The lowest BCUT2D eigenvalue weighted by atomic mass is 10.1. The molecular weight excluding hydrogens is 288 g/mol. The van der Waals surface area contributed by atoms with Crippen LogP contribution in [0.4, 0.5) is 0 Å². The Morgan fingerprint density at radius 1 is 1.27 bits per heavy atom. The van der Waals surface area contributed by atoms with E-state index in [2.05, 4.69) is 5.32 Å². The van der Waals surface area contributed by atoms with Crippen LogP contribution in [0.5, 0.6) is 5.75 Å². The van der Waals surface area contributed by atoms with Crippen LogP contribution in [0, 0.1) is 0 Å². The van der Waals surface area contributed by atoms with Gasteiger partial charge in [-0.15, -0.1) is 0 Å². The minimum absolute atomic E-state index is 0.300. The summed E-state index contributed by atoms with van der Waals surface area (Å²) < 4.78 is 5.23. The molecule has 0 aliphatic rings. The molecule has 1 unspecified atom stereocenters. The Morgan fingerprint density at radius 2 is 1.91 bits per heavy atom. The zero-order valence-corrected chi connectivity index (χ0v) is 12.4. The number of primary amides is 1. The van der Waals surface area contributed by atoms with Gasteiger partial charge in [-0.05, 0) is 30.7 Å². The normalized spacial score (nSPS) is 11.5. The molecule has 22 heavy (non-hydrogen) atoms. The summed E-state index contributed by atoms with van der Waals surface area (Å²) in [6, 6.07) is 5.08. The average Bonchev–Trinajstić information content (AvgIpc) is 2.49. The van der Waals surface area contributed by atoms with E-state index in [1.54, 1.807) is 0 Å². The fourth-order valence-corrected chi connectivity index (χ4v) is 1.77. The molecule has 0 saturated carbocycles. The largest absolute Gasteiger partial charge is 0.484 e. The third-order valence-electron chi connectivity index (χ3n) is 2.99. The smallest absolute Gasteiger partial charge is 0.326 e. The molecule has 4 N–H and O–H groups in total. The average molecular weight is 308 g/mol. The van der Waals surface area contributed by atoms with Crippen molar-refractivity contribution in [3.63, 3.8) is 0 Å². The number of hydrogen-bond acceptors (Lipinski definition) is 4. The highest BCUT2D eigenvalue weighted by Gasteiger charge is 2.19. The number of nitrogens with one attached hydrogen (secondary N) is 1. The molecule has 0 spiro atoms. The predicted octanol–water partition coefficient (Wildman–Crippen LogP) is 0.924. The van der Waals surface area contributed by atoms with E-state index in [0.717, 1.165) is 6.42 Å². The molecule has 0 aliphatic heterocycles. The van der Waals surface area contributed by atoms with Gasteiger partial charge in [0, 0.05) is 5.56 Å². The maximum absolute atomic E-state index is 11.7. The number of carboxylic acid groups (broad SMARTS) is 1. The van der Waals surface area contributed by atoms with Gasteiger partial charge in [0.1, 0.15) is 11.8 Å². The van der Waals surface area contributed by atoms with Gasteiger partial charge in [0.2, 0.25) is 5.91 Å². The summed E-state index contributed by atoms with van der Waals surface area (Å²) in [5.74, 6) is -1.74. The second kappa shape index (κ2) is 8.66. The number of unbranched alkanes of at least 4 members (excludes halogenated alkanes) is 1. The molecule has 0 aromatic heterocycles. The lowest BCUT2D eigenvalue weighted by molar-refractivity contribution is -0.142. The Balaban J connectivity index is 2.47. The fraction of sp³-hybridized carbons (Fsp3) is 0.400. The van der Waals surface area contributed by atoms with Gasteiger partial charge < -0.3 is 20.9 Å². The van der Waals surface area contributed by atoms with Crippen LogP contribution in [0.3, 0.4) is 0 Å². The predicted molar refractivity (Wildman–Crippen MR) is 79.5 cm³/mol. The number of carbonyl (C=O) groups is 3. The molecule has 1 atom stereocenters. The number of amides is 2. The van der Waals surface area contributed by atoms with Crippen molar-refractivity contribution in [2.45, 2.75) is 32.2 Å². The van der Waals surface area contributed by atoms with E-state index in [1.165, 1.54) is 24.3 Å². The van der Waals surface area contributed by atoms with Crippen molar-refractivity contribution in [1.82, 2.24) is 5.32 Å². The van der Waals surface area contributed by atoms with E-state index >= 15 is 0 Å². The van der Waals surface area contributed by atoms with Crippen molar-refractivity contribution in [2.24, 2.45) is 5.73 Å². The number of benzene rings is 1. The first-order valence-corrected chi connectivity index (χ1v) is 6.99. The van der Waals surface area contributed by atoms with Gasteiger partial charge in [0.25, 0.3) is 5.91 Å². The zero-order chi connectivity index (χ0) is 16.5. The SMILES string of the molecule is CCCCC(NC(=O)COc1ccc(C(N)=O)cc1)C(=O)O. The minimum Gasteiger partial charge on any atom is -0.484 e. The Kier molecular flexibility index (Phi) is 6.88. The van der Waals surface area contributed by atoms with Crippen molar-refractivity contribution in [1.29, 1.82) is 0 Å². The van der Waals surface area contributed by atoms with Crippen molar-refractivity contribution >= 4 is 17.8 Å². The Hall–Kier alpha value is -2.57. The molecule has 7 heteroatoms. The summed E-state index contributed by atoms with van der Waals surface area (Å²) in [5.41, 5.74) is 5.45. The molecule has 0 aliphatic carbocycles. The Labute approximate surface area is 128 Å². The van der Waals surface area contributed by atoms with E-state index in [0.29, 0.717) is 24.2 Å². The molecule has 120 valence electrons. The zero-order valence-electron chi connectivity index (χ0n) is 12.4. The summed E-state index contributed by atoms with van der Waals surface area (Å²) >= 11 is 0. The summed E-state index contributed by atoms with van der Waals surface area (Å²) in [5, 5.41) is 11.4. The third kappa shape index (κ3) is 5.82.